The van der Waals surface area contributed by atoms with Crippen molar-refractivity contribution >= 4 is 46.2 Å². The molecule has 10 heteroatoms. The van der Waals surface area contributed by atoms with Crippen molar-refractivity contribution in [1.29, 1.82) is 0 Å². The number of ether oxygens (including phenoxy) is 1. The maximum Gasteiger partial charge on any atom is 0.259 e. The van der Waals surface area contributed by atoms with Crippen molar-refractivity contribution in [2.45, 2.75) is 38.0 Å². The predicted octanol–water partition coefficient (Wildman–Crippen LogP) is 2.38. The van der Waals surface area contributed by atoms with E-state index in [1.165, 1.54) is 16.7 Å². The molecule has 2 atom stereocenters. The summed E-state index contributed by atoms with van der Waals surface area (Å²) in [5.41, 5.74) is 2.38. The van der Waals surface area contributed by atoms with Gasteiger partial charge in [0.2, 0.25) is 11.8 Å². The monoisotopic (exact) mass is 505 g/mol. The van der Waals surface area contributed by atoms with Gasteiger partial charge in [0.25, 0.3) is 5.91 Å². The number of amides is 3. The summed E-state index contributed by atoms with van der Waals surface area (Å²) in [5.74, 6) is -0.157. The van der Waals surface area contributed by atoms with Gasteiger partial charge in [0.05, 0.1) is 24.0 Å². The quantitative estimate of drug-likeness (QED) is 0.572. The summed E-state index contributed by atoms with van der Waals surface area (Å²) in [5, 5.41) is 6.13. The molecule has 1 fully saturated rings. The lowest BCUT2D eigenvalue weighted by atomic mass is 10.1. The highest BCUT2D eigenvalue weighted by atomic mass is 32.2. The Morgan fingerprint density at radius 1 is 1.06 bits per heavy atom. The highest BCUT2D eigenvalue weighted by Crippen LogP contribution is 2.34. The normalized spacial score (nSPS) is 20.3. The van der Waals surface area contributed by atoms with Gasteiger partial charge in [-0.25, -0.2) is 9.89 Å². The number of nitrogens with zero attached hydrogens (tertiary/aromatic N) is 3. The third-order valence-electron chi connectivity index (χ3n) is 6.14. The van der Waals surface area contributed by atoms with E-state index in [2.05, 4.69) is 20.6 Å². The number of aliphatic imine (C=N–C) groups is 2. The Labute approximate surface area is 213 Å². The Kier molecular flexibility index (Phi) is 7.43. The van der Waals surface area contributed by atoms with Crippen LogP contribution in [0, 0.1) is 0 Å². The largest absolute Gasteiger partial charge is 0.376 e. The van der Waals surface area contributed by atoms with Crippen molar-refractivity contribution in [1.82, 2.24) is 15.5 Å². The van der Waals surface area contributed by atoms with Crippen molar-refractivity contribution in [2.75, 3.05) is 18.9 Å². The molecule has 5 rings (SSSR count). The van der Waals surface area contributed by atoms with Crippen LogP contribution in [0.25, 0.3) is 0 Å². The smallest absolute Gasteiger partial charge is 0.259 e. The van der Waals surface area contributed by atoms with Gasteiger partial charge >= 0.3 is 0 Å². The summed E-state index contributed by atoms with van der Waals surface area (Å²) in [6.45, 7) is 1.59. The van der Waals surface area contributed by atoms with Gasteiger partial charge in [0, 0.05) is 25.3 Å². The van der Waals surface area contributed by atoms with Crippen molar-refractivity contribution in [3.8, 4) is 0 Å². The molecule has 3 aliphatic heterocycles. The second-order valence-electron chi connectivity index (χ2n) is 8.75. The number of carbonyl (C=O) groups excluding carboxylic acids is 3. The number of para-hydroxylation sites is 1. The molecule has 186 valence electrons. The van der Waals surface area contributed by atoms with Crippen molar-refractivity contribution in [3.05, 3.63) is 65.7 Å². The first kappa shape index (κ1) is 24.2. The molecule has 0 unspecified atom stereocenters. The number of fused-ring (bicyclic) bond motifs is 3. The standard InChI is InChI=1S/C26H27N5O4S/c32-22(27-14-17-7-2-1-3-8-17)13-21-25(34)31-24(29-21)19-10-4-5-11-20(19)30-26(31)36-16-23(33)28-15-18-9-6-12-35-18/h1-5,7-8,10-11,18,21H,6,9,12-16H2,(H,27,32)(H,28,33)/t18-,21-/m1/s1. The number of nitrogens with one attached hydrogen (secondary N) is 2. The minimum atomic E-state index is -0.846. The van der Waals surface area contributed by atoms with E-state index in [0.717, 1.165) is 30.6 Å². The first-order valence-corrected chi connectivity index (χ1v) is 13.0. The highest BCUT2D eigenvalue weighted by Gasteiger charge is 2.42. The fraction of sp³-hybridized carbons (Fsp3) is 0.346. The molecule has 2 N–H and O–H groups in total. The summed E-state index contributed by atoms with van der Waals surface area (Å²) in [6, 6.07) is 16.2. The lowest BCUT2D eigenvalue weighted by molar-refractivity contribution is -0.128. The van der Waals surface area contributed by atoms with E-state index in [9.17, 15) is 14.4 Å². The van der Waals surface area contributed by atoms with Crippen LogP contribution in [0.4, 0.5) is 5.69 Å². The van der Waals surface area contributed by atoms with Crippen LogP contribution in [0.3, 0.4) is 0 Å². The number of thioether (sulfide) groups is 1. The predicted molar refractivity (Wildman–Crippen MR) is 138 cm³/mol. The molecule has 0 bridgehead atoms. The second kappa shape index (κ2) is 11.0. The van der Waals surface area contributed by atoms with Gasteiger partial charge in [-0.15, -0.1) is 0 Å². The van der Waals surface area contributed by atoms with Gasteiger partial charge in [-0.3, -0.25) is 19.4 Å². The van der Waals surface area contributed by atoms with Crippen LogP contribution in [-0.4, -0.2) is 64.7 Å². The van der Waals surface area contributed by atoms with Crippen LogP contribution in [0.1, 0.15) is 30.4 Å². The molecule has 0 saturated carbocycles. The molecule has 0 aromatic heterocycles. The minimum absolute atomic E-state index is 0.0607. The van der Waals surface area contributed by atoms with Crippen molar-refractivity contribution < 1.29 is 19.1 Å². The van der Waals surface area contributed by atoms with E-state index in [4.69, 9.17) is 4.74 Å². The summed E-state index contributed by atoms with van der Waals surface area (Å²) in [7, 11) is 0. The third kappa shape index (κ3) is 5.50. The summed E-state index contributed by atoms with van der Waals surface area (Å²) < 4.78 is 5.55. The van der Waals surface area contributed by atoms with E-state index in [1.54, 1.807) is 0 Å². The van der Waals surface area contributed by atoms with Crippen LogP contribution in [0.5, 0.6) is 0 Å². The van der Waals surface area contributed by atoms with Crippen LogP contribution in [0.2, 0.25) is 0 Å². The maximum atomic E-state index is 13.3. The number of hydrogen-bond donors (Lipinski definition) is 2. The molecule has 2 aromatic carbocycles. The van der Waals surface area contributed by atoms with Gasteiger partial charge in [-0.1, -0.05) is 54.2 Å². The van der Waals surface area contributed by atoms with Crippen LogP contribution < -0.4 is 10.6 Å². The lowest BCUT2D eigenvalue weighted by Crippen LogP contribution is -2.42. The molecule has 3 aliphatic rings. The summed E-state index contributed by atoms with van der Waals surface area (Å²) in [4.78, 5) is 49.1. The Bertz CT molecular complexity index is 1210. The average molecular weight is 506 g/mol. The first-order chi connectivity index (χ1) is 17.6. The van der Waals surface area contributed by atoms with E-state index in [-0.39, 0.29) is 36.0 Å². The van der Waals surface area contributed by atoms with Gasteiger partial charge in [0.15, 0.2) is 5.17 Å². The molecule has 3 amide bonds. The second-order valence-corrected chi connectivity index (χ2v) is 9.69. The Morgan fingerprint density at radius 3 is 2.67 bits per heavy atom. The number of benzene rings is 2. The zero-order chi connectivity index (χ0) is 24.9. The number of carbonyl (C=O) groups is 3. The molecular formula is C26H27N5O4S. The van der Waals surface area contributed by atoms with Crippen LogP contribution in [-0.2, 0) is 25.7 Å². The fourth-order valence-electron chi connectivity index (χ4n) is 4.29. The number of amidine groups is 2. The maximum absolute atomic E-state index is 13.3. The SMILES string of the molecule is O=C(CSC1=Nc2ccccc2C2=N[C@H](CC(=O)NCc3ccccc3)C(=O)N12)NC[C@H]1CCCO1. The zero-order valence-corrected chi connectivity index (χ0v) is 20.5. The number of hydrogen-bond acceptors (Lipinski definition) is 7. The summed E-state index contributed by atoms with van der Waals surface area (Å²) >= 11 is 1.18. The molecule has 3 heterocycles. The minimum Gasteiger partial charge on any atom is -0.376 e. The molecule has 36 heavy (non-hydrogen) atoms. The van der Waals surface area contributed by atoms with Crippen LogP contribution in [0.15, 0.2) is 64.6 Å². The van der Waals surface area contributed by atoms with Crippen molar-refractivity contribution in [2.24, 2.45) is 9.98 Å². The van der Waals surface area contributed by atoms with E-state index in [0.29, 0.717) is 29.8 Å². The van der Waals surface area contributed by atoms with E-state index < -0.39 is 6.04 Å². The molecular weight excluding hydrogens is 478 g/mol. The van der Waals surface area contributed by atoms with Gasteiger partial charge in [-0.05, 0) is 30.5 Å². The first-order valence-electron chi connectivity index (χ1n) is 12.0. The lowest BCUT2D eigenvalue weighted by Gasteiger charge is -2.25. The average Bonchev–Trinajstić information content (AvgIpc) is 3.54. The third-order valence-corrected chi connectivity index (χ3v) is 7.08. The molecule has 1 saturated heterocycles. The zero-order valence-electron chi connectivity index (χ0n) is 19.7. The molecule has 9 nitrogen and oxygen atoms in total. The van der Waals surface area contributed by atoms with Crippen molar-refractivity contribution in [3.63, 3.8) is 0 Å². The number of rotatable bonds is 8. The topological polar surface area (TPSA) is 112 Å². The molecule has 2 aromatic rings. The Balaban J connectivity index is 1.24. The summed E-state index contributed by atoms with van der Waals surface area (Å²) in [6.07, 6.45) is 1.95. The molecule has 0 spiro atoms. The fourth-order valence-corrected chi connectivity index (χ4v) is 5.12. The van der Waals surface area contributed by atoms with E-state index in [1.807, 2.05) is 54.6 Å². The van der Waals surface area contributed by atoms with Gasteiger partial charge < -0.3 is 15.4 Å². The Hall–Kier alpha value is -3.50. The Morgan fingerprint density at radius 2 is 1.86 bits per heavy atom. The molecule has 0 radical (unpaired) electrons. The highest BCUT2D eigenvalue weighted by molar-refractivity contribution is 8.14. The van der Waals surface area contributed by atoms with Crippen LogP contribution >= 0.6 is 11.8 Å². The van der Waals surface area contributed by atoms with Gasteiger partial charge in [-0.2, -0.15) is 0 Å². The van der Waals surface area contributed by atoms with Gasteiger partial charge in [0.1, 0.15) is 11.9 Å². The van der Waals surface area contributed by atoms with E-state index >= 15 is 0 Å². The molecule has 0 aliphatic carbocycles.